The molecule has 0 aromatic carbocycles. The molecule has 0 aliphatic heterocycles. The summed E-state index contributed by atoms with van der Waals surface area (Å²) in [6, 6.07) is 1.70. The molecule has 4 nitrogen and oxygen atoms in total. The Morgan fingerprint density at radius 1 is 1.15 bits per heavy atom. The van der Waals surface area contributed by atoms with Gasteiger partial charge in [0.15, 0.2) is 0 Å². The minimum Gasteiger partial charge on any atom is -0.349 e. The zero-order valence-corrected chi connectivity index (χ0v) is 14.2. The highest BCUT2D eigenvalue weighted by Crippen LogP contribution is 2.21. The van der Waals surface area contributed by atoms with Crippen molar-refractivity contribution in [2.75, 3.05) is 13.1 Å². The topological polar surface area (TPSA) is 42.3 Å². The van der Waals surface area contributed by atoms with Crippen molar-refractivity contribution in [1.82, 2.24) is 8.87 Å². The van der Waals surface area contributed by atoms with E-state index < -0.39 is 10.0 Å². The van der Waals surface area contributed by atoms with Gasteiger partial charge < -0.3 is 4.57 Å². The second-order valence-electron chi connectivity index (χ2n) is 4.90. The quantitative estimate of drug-likeness (QED) is 0.654. The van der Waals surface area contributed by atoms with Gasteiger partial charge in [0.1, 0.15) is 4.90 Å². The molecular formula is C14H25ClN2O2S. The van der Waals surface area contributed by atoms with Crippen LogP contribution in [-0.2, 0) is 22.4 Å². The van der Waals surface area contributed by atoms with Crippen molar-refractivity contribution in [3.05, 3.63) is 18.0 Å². The van der Waals surface area contributed by atoms with Crippen LogP contribution in [-0.4, -0.2) is 30.4 Å². The molecule has 0 unspecified atom stereocenters. The maximum atomic E-state index is 12.7. The molecule has 1 rings (SSSR count). The summed E-state index contributed by atoms with van der Waals surface area (Å²) in [5, 5.41) is 0. The molecule has 1 aromatic heterocycles. The summed E-state index contributed by atoms with van der Waals surface area (Å²) in [6.07, 6.45) is 4.30. The molecule has 0 atom stereocenters. The minimum atomic E-state index is -3.40. The number of alkyl halides is 1. The fourth-order valence-electron chi connectivity index (χ4n) is 2.23. The summed E-state index contributed by atoms with van der Waals surface area (Å²) in [5.41, 5.74) is 0.861. The smallest absolute Gasteiger partial charge is 0.244 e. The fraction of sp³-hybridized carbons (Fsp3) is 0.714. The Labute approximate surface area is 127 Å². The number of hydrogen-bond donors (Lipinski definition) is 0. The Kier molecular flexibility index (Phi) is 7.06. The Balaban J connectivity index is 3.12. The van der Waals surface area contributed by atoms with Gasteiger partial charge in [-0.15, -0.1) is 11.6 Å². The lowest BCUT2D eigenvalue weighted by molar-refractivity contribution is 0.410. The first-order chi connectivity index (χ1) is 9.51. The van der Waals surface area contributed by atoms with Gasteiger partial charge >= 0.3 is 0 Å². The molecule has 0 N–H and O–H groups in total. The molecule has 1 aromatic rings. The highest BCUT2D eigenvalue weighted by atomic mass is 35.5. The Hall–Kier alpha value is -0.520. The van der Waals surface area contributed by atoms with Crippen LogP contribution in [0.4, 0.5) is 0 Å². The largest absolute Gasteiger partial charge is 0.349 e. The lowest BCUT2D eigenvalue weighted by atomic mass is 10.4. The number of sulfonamides is 1. The number of rotatable bonds is 9. The molecule has 0 spiro atoms. The summed E-state index contributed by atoms with van der Waals surface area (Å²) in [4.78, 5) is 0.364. The van der Waals surface area contributed by atoms with E-state index in [1.165, 1.54) is 0 Å². The van der Waals surface area contributed by atoms with E-state index in [0.717, 1.165) is 31.5 Å². The van der Waals surface area contributed by atoms with Gasteiger partial charge in [-0.1, -0.05) is 20.8 Å². The van der Waals surface area contributed by atoms with Crippen LogP contribution in [0.1, 0.15) is 45.7 Å². The molecule has 0 radical (unpaired) electrons. The van der Waals surface area contributed by atoms with Gasteiger partial charge in [-0.05, 0) is 25.3 Å². The SMILES string of the molecule is CCCN(CCC)S(=O)(=O)c1cc(CCl)n(CCC)c1. The molecule has 1 heterocycles. The molecule has 0 bridgehead atoms. The van der Waals surface area contributed by atoms with Gasteiger partial charge in [-0.2, -0.15) is 4.31 Å². The van der Waals surface area contributed by atoms with Crippen LogP contribution >= 0.6 is 11.6 Å². The van der Waals surface area contributed by atoms with Gasteiger partial charge in [-0.3, -0.25) is 0 Å². The maximum Gasteiger partial charge on any atom is 0.244 e. The predicted octanol–water partition coefficient (Wildman–Crippen LogP) is 3.45. The van der Waals surface area contributed by atoms with Crippen LogP contribution in [0.5, 0.6) is 0 Å². The Morgan fingerprint density at radius 2 is 1.75 bits per heavy atom. The molecule has 116 valence electrons. The van der Waals surface area contributed by atoms with Crippen LogP contribution in [0.25, 0.3) is 0 Å². The van der Waals surface area contributed by atoms with Crippen molar-refractivity contribution < 1.29 is 8.42 Å². The van der Waals surface area contributed by atoms with Crippen LogP contribution in [0, 0.1) is 0 Å². The third-order valence-electron chi connectivity index (χ3n) is 3.15. The Bertz CT molecular complexity index is 505. The molecule has 0 fully saturated rings. The molecule has 0 saturated carbocycles. The highest BCUT2D eigenvalue weighted by molar-refractivity contribution is 7.89. The van der Waals surface area contributed by atoms with Gasteiger partial charge in [0, 0.05) is 31.5 Å². The van der Waals surface area contributed by atoms with Gasteiger partial charge in [0.25, 0.3) is 0 Å². The second kappa shape index (κ2) is 8.05. The average molecular weight is 321 g/mol. The normalized spacial score (nSPS) is 12.2. The van der Waals surface area contributed by atoms with Crippen LogP contribution in [0.15, 0.2) is 17.2 Å². The third-order valence-corrected chi connectivity index (χ3v) is 5.28. The number of nitrogens with zero attached hydrogens (tertiary/aromatic N) is 2. The third kappa shape index (κ3) is 3.99. The van der Waals surface area contributed by atoms with E-state index in [2.05, 4.69) is 6.92 Å². The maximum absolute atomic E-state index is 12.7. The number of hydrogen-bond acceptors (Lipinski definition) is 2. The van der Waals surface area contributed by atoms with E-state index in [1.807, 2.05) is 18.4 Å². The zero-order valence-electron chi connectivity index (χ0n) is 12.6. The number of aryl methyl sites for hydroxylation is 1. The average Bonchev–Trinajstić information content (AvgIpc) is 2.83. The number of aromatic nitrogens is 1. The molecule has 0 saturated heterocycles. The van der Waals surface area contributed by atoms with E-state index >= 15 is 0 Å². The molecule has 0 aliphatic rings. The van der Waals surface area contributed by atoms with Crippen molar-refractivity contribution in [3.8, 4) is 0 Å². The predicted molar refractivity (Wildman–Crippen MR) is 83.6 cm³/mol. The van der Waals surface area contributed by atoms with Crippen molar-refractivity contribution in [2.24, 2.45) is 0 Å². The standard InChI is InChI=1S/C14H25ClN2O2S/c1-4-7-16-12-14(10-13(16)11-15)20(18,19)17(8-5-2)9-6-3/h10,12H,4-9,11H2,1-3H3. The summed E-state index contributed by atoms with van der Waals surface area (Å²) >= 11 is 5.90. The summed E-state index contributed by atoms with van der Waals surface area (Å²) in [7, 11) is -3.40. The number of halogens is 1. The van der Waals surface area contributed by atoms with Crippen molar-refractivity contribution >= 4 is 21.6 Å². The lowest BCUT2D eigenvalue weighted by Crippen LogP contribution is -2.32. The molecule has 0 amide bonds. The van der Waals surface area contributed by atoms with Gasteiger partial charge in [0.05, 0.1) is 5.88 Å². The first-order valence-corrected chi connectivity index (χ1v) is 9.23. The first-order valence-electron chi connectivity index (χ1n) is 7.26. The second-order valence-corrected chi connectivity index (χ2v) is 7.10. The van der Waals surface area contributed by atoms with Crippen LogP contribution in [0.2, 0.25) is 0 Å². The van der Waals surface area contributed by atoms with E-state index in [0.29, 0.717) is 23.9 Å². The van der Waals surface area contributed by atoms with Crippen LogP contribution < -0.4 is 0 Å². The van der Waals surface area contributed by atoms with Crippen LogP contribution in [0.3, 0.4) is 0 Å². The molecule has 20 heavy (non-hydrogen) atoms. The zero-order chi connectivity index (χ0) is 15.2. The van der Waals surface area contributed by atoms with E-state index in [1.54, 1.807) is 16.6 Å². The minimum absolute atomic E-state index is 0.330. The summed E-state index contributed by atoms with van der Waals surface area (Å²) in [6.45, 7) is 7.96. The monoisotopic (exact) mass is 320 g/mol. The molecule has 0 aliphatic carbocycles. The van der Waals surface area contributed by atoms with Gasteiger partial charge in [-0.25, -0.2) is 8.42 Å². The van der Waals surface area contributed by atoms with Crippen molar-refractivity contribution in [3.63, 3.8) is 0 Å². The van der Waals surface area contributed by atoms with Gasteiger partial charge in [0.2, 0.25) is 10.0 Å². The molecular weight excluding hydrogens is 296 g/mol. The highest BCUT2D eigenvalue weighted by Gasteiger charge is 2.25. The van der Waals surface area contributed by atoms with Crippen molar-refractivity contribution in [1.29, 1.82) is 0 Å². The fourth-order valence-corrected chi connectivity index (χ4v) is 4.15. The Morgan fingerprint density at radius 3 is 2.20 bits per heavy atom. The first kappa shape index (κ1) is 17.5. The molecule has 6 heteroatoms. The van der Waals surface area contributed by atoms with E-state index in [9.17, 15) is 8.42 Å². The summed E-state index contributed by atoms with van der Waals surface area (Å²) in [5.74, 6) is 0.330. The lowest BCUT2D eigenvalue weighted by Gasteiger charge is -2.20. The summed E-state index contributed by atoms with van der Waals surface area (Å²) < 4.78 is 28.8. The van der Waals surface area contributed by atoms with E-state index in [4.69, 9.17) is 11.6 Å². The van der Waals surface area contributed by atoms with E-state index in [-0.39, 0.29) is 0 Å². The van der Waals surface area contributed by atoms with Crippen molar-refractivity contribution in [2.45, 2.75) is 57.4 Å².